The smallest absolute Gasteiger partial charge is 0.222 e. The van der Waals surface area contributed by atoms with Crippen molar-refractivity contribution in [3.63, 3.8) is 0 Å². The van der Waals surface area contributed by atoms with Crippen LogP contribution in [0.5, 0.6) is 0 Å². The van der Waals surface area contributed by atoms with Gasteiger partial charge in [-0.15, -0.1) is 0 Å². The van der Waals surface area contributed by atoms with Gasteiger partial charge in [0.05, 0.1) is 0 Å². The molecule has 0 heterocycles. The number of carbonyl (C=O) groups is 1. The number of hydrogen-bond donors (Lipinski definition) is 4. The number of carbonyl (C=O) groups excluding carboxylic acids is 1. The second-order valence-corrected chi connectivity index (χ2v) is 5.92. The summed E-state index contributed by atoms with van der Waals surface area (Å²) >= 11 is 7.12. The molecule has 0 bridgehead atoms. The predicted molar refractivity (Wildman–Crippen MR) is 103 cm³/mol. The van der Waals surface area contributed by atoms with Crippen molar-refractivity contribution in [2.75, 3.05) is 12.4 Å². The first-order chi connectivity index (χ1) is 11.1. The molecule has 0 atom stereocenters. The lowest BCUT2D eigenvalue weighted by atomic mass is 10.1. The summed E-state index contributed by atoms with van der Waals surface area (Å²) in [6, 6.07) is 14.3. The minimum Gasteiger partial charge on any atom is -0.388 e. The highest BCUT2D eigenvalue weighted by Gasteiger charge is 2.02. The third kappa shape index (κ3) is 6.54. The molecule has 0 radical (unpaired) electrons. The molecule has 0 aromatic heterocycles. The number of nitrogens with two attached hydrogens (primary N) is 1. The van der Waals surface area contributed by atoms with Crippen LogP contribution in [0.1, 0.15) is 11.1 Å². The number of hydrogen-bond acceptors (Lipinski definition) is 4. The molecule has 0 saturated heterocycles. The van der Waals surface area contributed by atoms with Gasteiger partial charge >= 0.3 is 0 Å². The van der Waals surface area contributed by atoms with E-state index in [9.17, 15) is 0 Å². The van der Waals surface area contributed by atoms with Crippen LogP contribution in [-0.4, -0.2) is 13.5 Å². The zero-order chi connectivity index (χ0) is 17.1. The van der Waals surface area contributed by atoms with Crippen molar-refractivity contribution in [3.05, 3.63) is 62.5 Å². The van der Waals surface area contributed by atoms with Crippen LogP contribution in [0.3, 0.4) is 0 Å². The highest BCUT2D eigenvalue weighted by Crippen LogP contribution is 2.27. The summed E-state index contributed by atoms with van der Waals surface area (Å²) in [6.45, 7) is 0. The molecule has 23 heavy (non-hydrogen) atoms. The van der Waals surface area contributed by atoms with Crippen molar-refractivity contribution in [2.24, 2.45) is 5.84 Å². The van der Waals surface area contributed by atoms with Crippen LogP contribution in [0.4, 0.5) is 5.69 Å². The van der Waals surface area contributed by atoms with Crippen molar-refractivity contribution < 1.29 is 4.79 Å². The van der Waals surface area contributed by atoms with Gasteiger partial charge in [-0.1, -0.05) is 68.3 Å². The quantitative estimate of drug-likeness (QED) is 0.247. The molecule has 1 amide bonds. The molecule has 7 heteroatoms. The summed E-state index contributed by atoms with van der Waals surface area (Å²) in [5, 5.41) is 3.19. The number of amides is 1. The molecule has 2 rings (SSSR count). The Labute approximate surface area is 152 Å². The van der Waals surface area contributed by atoms with E-state index >= 15 is 0 Å². The van der Waals surface area contributed by atoms with E-state index in [4.69, 9.17) is 4.79 Å². The molecule has 0 spiro atoms. The molecule has 5 nitrogen and oxygen atoms in total. The van der Waals surface area contributed by atoms with Gasteiger partial charge in [0.1, 0.15) is 0 Å². The topological polar surface area (TPSA) is 79.2 Å². The Balaban J connectivity index is 0.000000463. The molecule has 2 aromatic carbocycles. The maximum absolute atomic E-state index is 9.15. The van der Waals surface area contributed by atoms with E-state index in [1.165, 1.54) is 0 Å². The third-order valence-electron chi connectivity index (χ3n) is 2.80. The number of halogens is 2. The standard InChI is InChI=1S/C15H13Br2N.CH5N3O/c1-18-15-8-4-7-14(17)12(15)10-9-11-5-2-3-6-13(11)16;2-4-3-1-5/h2-10,18H,1H3;1,4H,2H2,(H,3,5)/b10-9+;. The maximum atomic E-state index is 9.15. The predicted octanol–water partition coefficient (Wildman–Crippen LogP) is 3.53. The molecule has 122 valence electrons. The van der Waals surface area contributed by atoms with E-state index in [0.717, 1.165) is 25.8 Å². The van der Waals surface area contributed by atoms with Gasteiger partial charge in [0.25, 0.3) is 0 Å². The Bertz CT molecular complexity index is 662. The Morgan fingerprint density at radius 3 is 2.26 bits per heavy atom. The fourth-order valence-corrected chi connectivity index (χ4v) is 2.66. The van der Waals surface area contributed by atoms with Gasteiger partial charge in [0.15, 0.2) is 0 Å². The highest BCUT2D eigenvalue weighted by molar-refractivity contribution is 9.10. The summed E-state index contributed by atoms with van der Waals surface area (Å²) in [7, 11) is 1.93. The van der Waals surface area contributed by atoms with Crippen molar-refractivity contribution in [3.8, 4) is 0 Å². The van der Waals surface area contributed by atoms with E-state index in [1.807, 2.05) is 48.3 Å². The summed E-state index contributed by atoms with van der Waals surface area (Å²) < 4.78 is 2.18. The van der Waals surface area contributed by atoms with Crippen molar-refractivity contribution in [1.29, 1.82) is 0 Å². The molecular formula is C16H18Br2N4O. The van der Waals surface area contributed by atoms with Crippen molar-refractivity contribution in [1.82, 2.24) is 11.0 Å². The first kappa shape index (κ1) is 19.4. The van der Waals surface area contributed by atoms with E-state index in [0.29, 0.717) is 6.41 Å². The lowest BCUT2D eigenvalue weighted by Crippen LogP contribution is -2.36. The molecule has 0 saturated carbocycles. The van der Waals surface area contributed by atoms with Gasteiger partial charge in [-0.05, 0) is 23.8 Å². The zero-order valence-electron chi connectivity index (χ0n) is 12.5. The zero-order valence-corrected chi connectivity index (χ0v) is 15.7. The first-order valence-corrected chi connectivity index (χ1v) is 8.26. The average molecular weight is 442 g/mol. The molecular weight excluding hydrogens is 424 g/mol. The van der Waals surface area contributed by atoms with Gasteiger partial charge in [0.2, 0.25) is 6.41 Å². The number of anilines is 1. The van der Waals surface area contributed by atoms with Gasteiger partial charge in [-0.3, -0.25) is 16.1 Å². The van der Waals surface area contributed by atoms with Crippen LogP contribution in [-0.2, 0) is 4.79 Å². The first-order valence-electron chi connectivity index (χ1n) is 6.67. The molecule has 0 aliphatic heterocycles. The van der Waals surface area contributed by atoms with Gasteiger partial charge < -0.3 is 5.32 Å². The molecule has 0 unspecified atom stereocenters. The maximum Gasteiger partial charge on any atom is 0.222 e. The Morgan fingerprint density at radius 1 is 1.00 bits per heavy atom. The molecule has 5 N–H and O–H groups in total. The van der Waals surface area contributed by atoms with Crippen LogP contribution in [0.25, 0.3) is 12.2 Å². The lowest BCUT2D eigenvalue weighted by molar-refractivity contribution is -0.110. The number of rotatable bonds is 5. The lowest BCUT2D eigenvalue weighted by Gasteiger charge is -2.07. The molecule has 0 fully saturated rings. The molecule has 0 aliphatic rings. The van der Waals surface area contributed by atoms with E-state index < -0.39 is 0 Å². The molecule has 2 aromatic rings. The summed E-state index contributed by atoms with van der Waals surface area (Å²) in [6.07, 6.45) is 4.65. The number of hydrazine groups is 2. The number of nitrogens with one attached hydrogen (secondary N) is 3. The average Bonchev–Trinajstić information content (AvgIpc) is 2.56. The SMILES string of the molecule is CNc1cccc(Br)c1/C=C/c1ccccc1Br.NNNC=O. The summed E-state index contributed by atoms with van der Waals surface area (Å²) in [4.78, 5) is 9.15. The van der Waals surface area contributed by atoms with E-state index in [-0.39, 0.29) is 0 Å². The van der Waals surface area contributed by atoms with Crippen molar-refractivity contribution in [2.45, 2.75) is 0 Å². The highest BCUT2D eigenvalue weighted by atomic mass is 79.9. The van der Waals surface area contributed by atoms with Crippen molar-refractivity contribution >= 4 is 56.1 Å². The monoisotopic (exact) mass is 440 g/mol. The number of benzene rings is 2. The van der Waals surface area contributed by atoms with Gasteiger partial charge in [-0.25, -0.2) is 0 Å². The van der Waals surface area contributed by atoms with E-state index in [1.54, 1.807) is 0 Å². The van der Waals surface area contributed by atoms with Crippen LogP contribution in [0.15, 0.2) is 51.4 Å². The fourth-order valence-electron chi connectivity index (χ4n) is 1.74. The minimum atomic E-state index is 0.444. The fraction of sp³-hybridized carbons (Fsp3) is 0.0625. The Hall–Kier alpha value is -1.67. The third-order valence-corrected chi connectivity index (χ3v) is 4.21. The second kappa shape index (κ2) is 11.0. The Morgan fingerprint density at radius 2 is 1.70 bits per heavy atom. The largest absolute Gasteiger partial charge is 0.388 e. The van der Waals surface area contributed by atoms with Crippen LogP contribution in [0.2, 0.25) is 0 Å². The summed E-state index contributed by atoms with van der Waals surface area (Å²) in [5.41, 5.74) is 7.27. The normalized spacial score (nSPS) is 9.91. The summed E-state index contributed by atoms with van der Waals surface area (Å²) in [5.74, 6) is 4.55. The van der Waals surface area contributed by atoms with Crippen LogP contribution < -0.4 is 22.1 Å². The Kier molecular flexibility index (Phi) is 9.23. The van der Waals surface area contributed by atoms with Gasteiger partial charge in [0, 0.05) is 27.2 Å². The second-order valence-electron chi connectivity index (χ2n) is 4.21. The van der Waals surface area contributed by atoms with E-state index in [2.05, 4.69) is 67.3 Å². The van der Waals surface area contributed by atoms with Gasteiger partial charge in [-0.2, -0.15) is 5.53 Å². The van der Waals surface area contributed by atoms with Crippen LogP contribution >= 0.6 is 31.9 Å². The minimum absolute atomic E-state index is 0.444. The van der Waals surface area contributed by atoms with Crippen LogP contribution in [0, 0.1) is 0 Å². The molecule has 0 aliphatic carbocycles.